The van der Waals surface area contributed by atoms with Gasteiger partial charge in [0.15, 0.2) is 23.0 Å². The van der Waals surface area contributed by atoms with Crippen molar-refractivity contribution in [1.29, 1.82) is 0 Å². The molecule has 0 saturated carbocycles. The third-order valence-corrected chi connectivity index (χ3v) is 9.14. The Morgan fingerprint density at radius 3 is 1.98 bits per heavy atom. The molecule has 1 aromatic heterocycles. The quantitative estimate of drug-likeness (QED) is 0.190. The smallest absolute Gasteiger partial charge is 0.194 e. The van der Waals surface area contributed by atoms with Crippen molar-refractivity contribution in [2.75, 3.05) is 0 Å². The van der Waals surface area contributed by atoms with Crippen LogP contribution < -0.4 is 9.47 Å². The van der Waals surface area contributed by atoms with Crippen molar-refractivity contribution in [1.82, 2.24) is 4.57 Å². The van der Waals surface area contributed by atoms with E-state index in [-0.39, 0.29) is 0 Å². The van der Waals surface area contributed by atoms with Crippen LogP contribution in [0, 0.1) is 0 Å². The summed E-state index contributed by atoms with van der Waals surface area (Å²) in [6.07, 6.45) is 6.29. The summed E-state index contributed by atoms with van der Waals surface area (Å²) in [6.45, 7) is 6.24. The molecular weight excluding hydrogens is 562 g/mol. The predicted octanol–water partition coefficient (Wildman–Crippen LogP) is 12.3. The molecule has 0 saturated heterocycles. The van der Waals surface area contributed by atoms with E-state index in [9.17, 15) is 0 Å². The second-order valence-electron chi connectivity index (χ2n) is 11.7. The number of nitrogens with zero attached hydrogens (tertiary/aromatic N) is 1. The summed E-state index contributed by atoms with van der Waals surface area (Å²) in [5, 5.41) is 7.22. The van der Waals surface area contributed by atoms with E-state index < -0.39 is 0 Å². The number of ether oxygens (including phenoxy) is 2. The minimum Gasteiger partial charge on any atom is -0.449 e. The fraction of sp³-hybridized carbons (Fsp3) is 0.0233. The lowest BCUT2D eigenvalue weighted by atomic mass is 9.89. The van der Waals surface area contributed by atoms with Crippen molar-refractivity contribution >= 4 is 55.5 Å². The summed E-state index contributed by atoms with van der Waals surface area (Å²) in [7, 11) is 0. The monoisotopic (exact) mass is 591 g/mol. The molecule has 1 aliphatic rings. The molecule has 2 heterocycles. The highest BCUT2D eigenvalue weighted by Gasteiger charge is 2.25. The summed E-state index contributed by atoms with van der Waals surface area (Å²) >= 11 is 0. The number of benzene rings is 7. The lowest BCUT2D eigenvalue weighted by Gasteiger charge is -2.22. The zero-order chi connectivity index (χ0) is 30.8. The maximum absolute atomic E-state index is 6.54. The average molecular weight is 592 g/mol. The topological polar surface area (TPSA) is 23.4 Å². The lowest BCUT2D eigenvalue weighted by molar-refractivity contribution is 0.362. The van der Waals surface area contributed by atoms with E-state index in [0.717, 1.165) is 50.5 Å². The highest BCUT2D eigenvalue weighted by atomic mass is 16.6. The summed E-state index contributed by atoms with van der Waals surface area (Å²) < 4.78 is 15.1. The van der Waals surface area contributed by atoms with Crippen molar-refractivity contribution in [2.45, 2.75) is 6.92 Å². The standard InChI is InChI=1S/C43H29NO2/c1-3-11-31-30(4-2)32-12-5-6-13-33(32)34-23-20-28(26-37(31)34)27-18-21-29(22-19-27)44-38-15-8-7-14-35(38)36-24-25-41-43(42(36)44)46-40-17-10-9-16-39(40)45-41/h3-26H,2H2,1H3/b11-3-. The summed E-state index contributed by atoms with van der Waals surface area (Å²) in [4.78, 5) is 0. The molecule has 0 aliphatic carbocycles. The van der Waals surface area contributed by atoms with Gasteiger partial charge in [0.25, 0.3) is 0 Å². The van der Waals surface area contributed by atoms with E-state index in [2.05, 4.69) is 127 Å². The van der Waals surface area contributed by atoms with Gasteiger partial charge in [0.2, 0.25) is 0 Å². The fourth-order valence-corrected chi connectivity index (χ4v) is 7.10. The van der Waals surface area contributed by atoms with Crippen molar-refractivity contribution < 1.29 is 9.47 Å². The number of para-hydroxylation sites is 3. The van der Waals surface area contributed by atoms with E-state index in [1.54, 1.807) is 0 Å². The fourth-order valence-electron chi connectivity index (χ4n) is 7.10. The molecule has 9 rings (SSSR count). The van der Waals surface area contributed by atoms with Crippen LogP contribution in [0.3, 0.4) is 0 Å². The Morgan fingerprint density at radius 2 is 1.20 bits per heavy atom. The molecule has 3 nitrogen and oxygen atoms in total. The van der Waals surface area contributed by atoms with E-state index in [4.69, 9.17) is 9.47 Å². The first-order chi connectivity index (χ1) is 22.7. The third-order valence-electron chi connectivity index (χ3n) is 9.14. The second kappa shape index (κ2) is 10.3. The Labute approximate surface area is 266 Å². The van der Waals surface area contributed by atoms with Crippen molar-refractivity contribution in [3.8, 4) is 39.8 Å². The van der Waals surface area contributed by atoms with Gasteiger partial charge in [-0.1, -0.05) is 104 Å². The third kappa shape index (κ3) is 3.85. The number of rotatable bonds is 4. The van der Waals surface area contributed by atoms with Gasteiger partial charge in [-0.3, -0.25) is 0 Å². The number of hydrogen-bond donors (Lipinski definition) is 0. The molecule has 218 valence electrons. The van der Waals surface area contributed by atoms with E-state index in [1.807, 2.05) is 36.4 Å². The van der Waals surface area contributed by atoms with Crippen molar-refractivity contribution in [3.05, 3.63) is 151 Å². The van der Waals surface area contributed by atoms with Crippen LogP contribution >= 0.6 is 0 Å². The van der Waals surface area contributed by atoms with Gasteiger partial charge >= 0.3 is 0 Å². The molecule has 0 N–H and O–H groups in total. The first kappa shape index (κ1) is 26.4. The summed E-state index contributed by atoms with van der Waals surface area (Å²) in [5.74, 6) is 2.89. The number of allylic oxidation sites excluding steroid dienone is 1. The summed E-state index contributed by atoms with van der Waals surface area (Å²) in [6, 6.07) is 44.7. The minimum absolute atomic E-state index is 0.714. The SMILES string of the molecule is C=Cc1c(/C=C\C)c2cc(-c3ccc(-n4c5ccccc5c5ccc6c(c54)Oc4ccccc4O6)cc3)ccc2c2ccccc12. The Balaban J connectivity index is 1.21. The second-order valence-corrected chi connectivity index (χ2v) is 11.7. The zero-order valence-electron chi connectivity index (χ0n) is 25.3. The number of hydrogen-bond acceptors (Lipinski definition) is 2. The van der Waals surface area contributed by atoms with Crippen LogP contribution in [0.15, 0.2) is 140 Å². The molecule has 0 fully saturated rings. The highest BCUT2D eigenvalue weighted by Crippen LogP contribution is 2.50. The summed E-state index contributed by atoms with van der Waals surface area (Å²) in [5.41, 5.74) is 7.85. The Morgan fingerprint density at radius 1 is 0.543 bits per heavy atom. The Bertz CT molecular complexity index is 2550. The molecule has 0 spiro atoms. The van der Waals surface area contributed by atoms with Crippen molar-refractivity contribution in [3.63, 3.8) is 0 Å². The van der Waals surface area contributed by atoms with Gasteiger partial charge in [0, 0.05) is 16.5 Å². The van der Waals surface area contributed by atoms with Crippen LogP contribution in [0.4, 0.5) is 0 Å². The molecule has 0 amide bonds. The molecule has 0 atom stereocenters. The largest absolute Gasteiger partial charge is 0.449 e. The Kier molecular flexibility index (Phi) is 5.87. The predicted molar refractivity (Wildman–Crippen MR) is 193 cm³/mol. The average Bonchev–Trinajstić information content (AvgIpc) is 3.46. The number of aromatic nitrogens is 1. The van der Waals surface area contributed by atoms with Gasteiger partial charge in [-0.25, -0.2) is 0 Å². The minimum atomic E-state index is 0.714. The van der Waals surface area contributed by atoms with Gasteiger partial charge < -0.3 is 14.0 Å². The van der Waals surface area contributed by atoms with Crippen LogP contribution in [0.1, 0.15) is 18.1 Å². The van der Waals surface area contributed by atoms with Crippen LogP contribution in [0.2, 0.25) is 0 Å². The molecule has 3 heteroatoms. The van der Waals surface area contributed by atoms with Gasteiger partial charge in [-0.2, -0.15) is 0 Å². The van der Waals surface area contributed by atoms with Crippen molar-refractivity contribution in [2.24, 2.45) is 0 Å². The van der Waals surface area contributed by atoms with Gasteiger partial charge in [0.1, 0.15) is 5.52 Å². The van der Waals surface area contributed by atoms with Gasteiger partial charge in [0.05, 0.1) is 5.52 Å². The zero-order valence-corrected chi connectivity index (χ0v) is 25.3. The van der Waals surface area contributed by atoms with Gasteiger partial charge in [-0.05, 0) is 99.3 Å². The molecule has 7 aromatic carbocycles. The molecule has 1 aliphatic heterocycles. The first-order valence-electron chi connectivity index (χ1n) is 15.6. The van der Waals surface area contributed by atoms with Gasteiger partial charge in [-0.15, -0.1) is 0 Å². The van der Waals surface area contributed by atoms with Crippen LogP contribution in [0.5, 0.6) is 23.0 Å². The van der Waals surface area contributed by atoms with E-state index in [0.29, 0.717) is 5.75 Å². The Hall–Kier alpha value is -6.06. The molecule has 0 bridgehead atoms. The van der Waals surface area contributed by atoms with E-state index >= 15 is 0 Å². The molecule has 0 unspecified atom stereocenters. The van der Waals surface area contributed by atoms with Crippen LogP contribution in [-0.2, 0) is 0 Å². The molecular formula is C43H29NO2. The number of fused-ring (bicyclic) bond motifs is 9. The molecule has 0 radical (unpaired) electrons. The highest BCUT2D eigenvalue weighted by molar-refractivity contribution is 6.16. The molecule has 46 heavy (non-hydrogen) atoms. The maximum Gasteiger partial charge on any atom is 0.194 e. The van der Waals surface area contributed by atoms with E-state index in [1.165, 1.54) is 38.1 Å². The van der Waals surface area contributed by atoms with Crippen LogP contribution in [0.25, 0.3) is 72.3 Å². The maximum atomic E-state index is 6.54. The lowest BCUT2D eigenvalue weighted by Crippen LogP contribution is -2.02. The van der Waals surface area contributed by atoms with Crippen LogP contribution in [-0.4, -0.2) is 4.57 Å². The molecule has 8 aromatic rings. The normalized spacial score (nSPS) is 12.4. The first-order valence-corrected chi connectivity index (χ1v) is 15.6.